The van der Waals surface area contributed by atoms with Crippen molar-refractivity contribution in [3.8, 4) is 11.3 Å². The quantitative estimate of drug-likeness (QED) is 0.681. The first-order valence-corrected chi connectivity index (χ1v) is 9.55. The molecule has 1 aliphatic heterocycles. The highest BCUT2D eigenvalue weighted by Gasteiger charge is 2.30. The van der Waals surface area contributed by atoms with Crippen molar-refractivity contribution in [1.29, 1.82) is 0 Å². The standard InChI is InChI=1S/C22H24N2O3/c1-3-13-26-15(2)22(25)24-12-11-20-19(14-24)21(23-27-20)18-10-6-8-16-7-4-5-9-17(16)18/h4-10,15H,3,11-14H2,1-2H3. The van der Waals surface area contributed by atoms with Gasteiger partial charge in [0.2, 0.25) is 0 Å². The van der Waals surface area contributed by atoms with Crippen LogP contribution in [0.25, 0.3) is 22.0 Å². The van der Waals surface area contributed by atoms with E-state index in [0.717, 1.165) is 39.8 Å². The van der Waals surface area contributed by atoms with E-state index in [2.05, 4.69) is 29.4 Å². The molecule has 2 heterocycles. The van der Waals surface area contributed by atoms with E-state index in [9.17, 15) is 4.79 Å². The third kappa shape index (κ3) is 3.35. The molecule has 1 unspecified atom stereocenters. The second-order valence-corrected chi connectivity index (χ2v) is 6.98. The van der Waals surface area contributed by atoms with Gasteiger partial charge in [-0.2, -0.15) is 0 Å². The van der Waals surface area contributed by atoms with Gasteiger partial charge in [0.25, 0.3) is 5.91 Å². The summed E-state index contributed by atoms with van der Waals surface area (Å²) >= 11 is 0. The number of hydrogen-bond donors (Lipinski definition) is 0. The van der Waals surface area contributed by atoms with Crippen LogP contribution in [0.3, 0.4) is 0 Å². The number of carbonyl (C=O) groups excluding carboxylic acids is 1. The van der Waals surface area contributed by atoms with Gasteiger partial charge >= 0.3 is 0 Å². The number of aromatic nitrogens is 1. The second kappa shape index (κ2) is 7.53. The Morgan fingerprint density at radius 3 is 2.93 bits per heavy atom. The molecular weight excluding hydrogens is 340 g/mol. The lowest BCUT2D eigenvalue weighted by Gasteiger charge is -2.28. The molecule has 140 valence electrons. The predicted molar refractivity (Wildman–Crippen MR) is 104 cm³/mol. The molecule has 0 bridgehead atoms. The van der Waals surface area contributed by atoms with Crippen molar-refractivity contribution >= 4 is 16.7 Å². The Balaban J connectivity index is 1.65. The minimum atomic E-state index is -0.424. The molecular formula is C22H24N2O3. The van der Waals surface area contributed by atoms with Gasteiger partial charge < -0.3 is 14.2 Å². The molecule has 3 aromatic rings. The van der Waals surface area contributed by atoms with Crippen LogP contribution < -0.4 is 0 Å². The van der Waals surface area contributed by atoms with E-state index in [1.165, 1.54) is 0 Å². The zero-order chi connectivity index (χ0) is 18.8. The molecule has 27 heavy (non-hydrogen) atoms. The number of carbonyl (C=O) groups is 1. The van der Waals surface area contributed by atoms with Crippen molar-refractivity contribution in [3.05, 3.63) is 53.8 Å². The normalized spacial score (nSPS) is 15.0. The summed E-state index contributed by atoms with van der Waals surface area (Å²) in [5.74, 6) is 0.906. The van der Waals surface area contributed by atoms with Crippen molar-refractivity contribution in [1.82, 2.24) is 10.1 Å². The van der Waals surface area contributed by atoms with Crippen molar-refractivity contribution in [2.45, 2.75) is 39.3 Å². The Morgan fingerprint density at radius 2 is 2.07 bits per heavy atom. The smallest absolute Gasteiger partial charge is 0.251 e. The molecule has 1 amide bonds. The van der Waals surface area contributed by atoms with Gasteiger partial charge in [0.15, 0.2) is 0 Å². The van der Waals surface area contributed by atoms with Crippen LogP contribution in [-0.2, 0) is 22.5 Å². The third-order valence-corrected chi connectivity index (χ3v) is 5.10. The monoisotopic (exact) mass is 364 g/mol. The Hall–Kier alpha value is -2.66. The van der Waals surface area contributed by atoms with Gasteiger partial charge in [0.1, 0.15) is 17.6 Å². The molecule has 0 spiro atoms. The highest BCUT2D eigenvalue weighted by Crippen LogP contribution is 2.34. The molecule has 0 aliphatic carbocycles. The minimum Gasteiger partial charge on any atom is -0.369 e. The molecule has 5 heteroatoms. The van der Waals surface area contributed by atoms with Crippen LogP contribution in [0.1, 0.15) is 31.6 Å². The van der Waals surface area contributed by atoms with Gasteiger partial charge in [-0.05, 0) is 24.1 Å². The Labute approximate surface area is 158 Å². The fraction of sp³-hybridized carbons (Fsp3) is 0.364. The van der Waals surface area contributed by atoms with Gasteiger partial charge in [-0.1, -0.05) is 54.5 Å². The first-order valence-electron chi connectivity index (χ1n) is 9.55. The number of fused-ring (bicyclic) bond motifs is 2. The number of ether oxygens (including phenoxy) is 1. The van der Waals surface area contributed by atoms with E-state index >= 15 is 0 Å². The van der Waals surface area contributed by atoms with Crippen LogP contribution in [-0.4, -0.2) is 35.2 Å². The van der Waals surface area contributed by atoms with Crippen LogP contribution in [0.4, 0.5) is 0 Å². The van der Waals surface area contributed by atoms with Crippen molar-refractivity contribution in [3.63, 3.8) is 0 Å². The topological polar surface area (TPSA) is 55.6 Å². The lowest BCUT2D eigenvalue weighted by atomic mass is 9.97. The average Bonchev–Trinajstić information content (AvgIpc) is 3.14. The second-order valence-electron chi connectivity index (χ2n) is 6.98. The molecule has 1 aliphatic rings. The van der Waals surface area contributed by atoms with E-state index in [1.807, 2.05) is 36.9 Å². The van der Waals surface area contributed by atoms with E-state index in [-0.39, 0.29) is 5.91 Å². The summed E-state index contributed by atoms with van der Waals surface area (Å²) in [4.78, 5) is 14.6. The molecule has 0 saturated carbocycles. The molecule has 1 aromatic heterocycles. The Morgan fingerprint density at radius 1 is 1.26 bits per heavy atom. The summed E-state index contributed by atoms with van der Waals surface area (Å²) in [5.41, 5.74) is 2.89. The lowest BCUT2D eigenvalue weighted by Crippen LogP contribution is -2.42. The highest BCUT2D eigenvalue weighted by molar-refractivity contribution is 5.96. The van der Waals surface area contributed by atoms with Crippen molar-refractivity contribution < 1.29 is 14.1 Å². The van der Waals surface area contributed by atoms with E-state index in [0.29, 0.717) is 26.1 Å². The van der Waals surface area contributed by atoms with Crippen LogP contribution >= 0.6 is 0 Å². The van der Waals surface area contributed by atoms with Gasteiger partial charge in [-0.25, -0.2) is 0 Å². The molecule has 0 saturated heterocycles. The van der Waals surface area contributed by atoms with Gasteiger partial charge in [-0.15, -0.1) is 0 Å². The Bertz CT molecular complexity index is 958. The number of rotatable bonds is 5. The highest BCUT2D eigenvalue weighted by atomic mass is 16.5. The van der Waals surface area contributed by atoms with Crippen molar-refractivity contribution in [2.24, 2.45) is 0 Å². The fourth-order valence-electron chi connectivity index (χ4n) is 3.66. The average molecular weight is 364 g/mol. The van der Waals surface area contributed by atoms with E-state index < -0.39 is 6.10 Å². The SMILES string of the molecule is CCCOC(C)C(=O)N1CCc2onc(-c3cccc4ccccc34)c2C1. The Kier molecular flexibility index (Phi) is 4.94. The lowest BCUT2D eigenvalue weighted by molar-refractivity contribution is -0.143. The van der Waals surface area contributed by atoms with Gasteiger partial charge in [0, 0.05) is 30.7 Å². The summed E-state index contributed by atoms with van der Waals surface area (Å²) in [7, 11) is 0. The summed E-state index contributed by atoms with van der Waals surface area (Å²) in [6, 6.07) is 14.4. The molecule has 0 radical (unpaired) electrons. The number of benzene rings is 2. The maximum atomic E-state index is 12.7. The third-order valence-electron chi connectivity index (χ3n) is 5.10. The zero-order valence-electron chi connectivity index (χ0n) is 15.8. The molecule has 4 rings (SSSR count). The summed E-state index contributed by atoms with van der Waals surface area (Å²) in [6.07, 6.45) is 1.16. The fourth-order valence-corrected chi connectivity index (χ4v) is 3.66. The zero-order valence-corrected chi connectivity index (χ0v) is 15.8. The molecule has 0 fully saturated rings. The first kappa shape index (κ1) is 17.7. The number of hydrogen-bond acceptors (Lipinski definition) is 4. The molecule has 5 nitrogen and oxygen atoms in total. The van der Waals surface area contributed by atoms with Crippen LogP contribution in [0.15, 0.2) is 47.0 Å². The largest absolute Gasteiger partial charge is 0.369 e. The van der Waals surface area contributed by atoms with Crippen LogP contribution in [0.5, 0.6) is 0 Å². The number of nitrogens with zero attached hydrogens (tertiary/aromatic N) is 2. The number of amides is 1. The van der Waals surface area contributed by atoms with Crippen molar-refractivity contribution in [2.75, 3.05) is 13.2 Å². The van der Waals surface area contributed by atoms with E-state index in [4.69, 9.17) is 9.26 Å². The first-order chi connectivity index (χ1) is 13.2. The van der Waals surface area contributed by atoms with Crippen LogP contribution in [0.2, 0.25) is 0 Å². The minimum absolute atomic E-state index is 0.0270. The maximum Gasteiger partial charge on any atom is 0.251 e. The molecule has 2 aromatic carbocycles. The summed E-state index contributed by atoms with van der Waals surface area (Å²) in [6.45, 7) is 5.61. The van der Waals surface area contributed by atoms with E-state index in [1.54, 1.807) is 0 Å². The summed E-state index contributed by atoms with van der Waals surface area (Å²) in [5, 5.41) is 6.66. The molecule has 0 N–H and O–H groups in total. The van der Waals surface area contributed by atoms with Gasteiger partial charge in [-0.3, -0.25) is 4.79 Å². The maximum absolute atomic E-state index is 12.7. The molecule has 1 atom stereocenters. The predicted octanol–water partition coefficient (Wildman–Crippen LogP) is 4.19. The summed E-state index contributed by atoms with van der Waals surface area (Å²) < 4.78 is 11.2. The van der Waals surface area contributed by atoms with Gasteiger partial charge in [0.05, 0.1) is 6.54 Å². The van der Waals surface area contributed by atoms with Crippen LogP contribution in [0, 0.1) is 0 Å².